The SMILES string of the molecule is [Cl-].[NH-]CC[PH+](c1ccccc1)c1ccccc1.[NH-]CC[PH+](c1ccccc1)c1ccccc1.[Pt+4]. The molecule has 178 valence electrons. The van der Waals surface area contributed by atoms with Crippen molar-refractivity contribution in [1.29, 1.82) is 0 Å². The van der Waals surface area contributed by atoms with Gasteiger partial charge in [-0.2, -0.15) is 0 Å². The van der Waals surface area contributed by atoms with Crippen LogP contribution < -0.4 is 33.6 Å². The Morgan fingerprint density at radius 3 is 0.794 bits per heavy atom. The van der Waals surface area contributed by atoms with Crippen molar-refractivity contribution in [1.82, 2.24) is 0 Å². The molecule has 0 spiro atoms. The number of halogens is 1. The van der Waals surface area contributed by atoms with Crippen molar-refractivity contribution in [3.63, 3.8) is 0 Å². The third-order valence-corrected chi connectivity index (χ3v) is 10.9. The summed E-state index contributed by atoms with van der Waals surface area (Å²) >= 11 is 0. The summed E-state index contributed by atoms with van der Waals surface area (Å²) in [5.74, 6) is 0. The van der Waals surface area contributed by atoms with E-state index in [-0.39, 0.29) is 33.5 Å². The average molecular weight is 689 g/mol. The minimum absolute atomic E-state index is 0. The molecule has 0 aliphatic carbocycles. The van der Waals surface area contributed by atoms with Gasteiger partial charge in [0.1, 0.15) is 0 Å². The van der Waals surface area contributed by atoms with E-state index in [4.69, 9.17) is 11.5 Å². The largest absolute Gasteiger partial charge is 4.00 e. The maximum absolute atomic E-state index is 7.46. The Hall–Kier alpha value is -1.36. The van der Waals surface area contributed by atoms with Gasteiger partial charge in [0.25, 0.3) is 0 Å². The molecule has 0 heterocycles. The van der Waals surface area contributed by atoms with Crippen molar-refractivity contribution < 1.29 is 33.5 Å². The second-order valence-electron chi connectivity index (χ2n) is 7.42. The maximum Gasteiger partial charge on any atom is 4.00 e. The van der Waals surface area contributed by atoms with E-state index in [2.05, 4.69) is 121 Å². The van der Waals surface area contributed by atoms with E-state index in [1.165, 1.54) is 21.2 Å². The molecule has 0 aliphatic heterocycles. The van der Waals surface area contributed by atoms with Gasteiger partial charge in [0.05, 0.1) is 37.1 Å². The van der Waals surface area contributed by atoms with Crippen LogP contribution in [0.15, 0.2) is 121 Å². The first-order valence-electron chi connectivity index (χ1n) is 11.1. The second kappa shape index (κ2) is 18.0. The molecule has 0 saturated heterocycles. The first-order valence-corrected chi connectivity index (χ1v) is 14.5. The summed E-state index contributed by atoms with van der Waals surface area (Å²) in [6.45, 7) is 1.02. The van der Waals surface area contributed by atoms with Crippen molar-refractivity contribution in [2.24, 2.45) is 0 Å². The van der Waals surface area contributed by atoms with Gasteiger partial charge < -0.3 is 23.9 Å². The van der Waals surface area contributed by atoms with Gasteiger partial charge >= 0.3 is 21.1 Å². The zero-order valence-electron chi connectivity index (χ0n) is 19.1. The normalized spacial score (nSPS) is 10.0. The van der Waals surface area contributed by atoms with Crippen LogP contribution in [0.4, 0.5) is 0 Å². The maximum atomic E-state index is 7.46. The van der Waals surface area contributed by atoms with E-state index in [9.17, 15) is 0 Å². The zero-order valence-corrected chi connectivity index (χ0v) is 24.1. The molecule has 0 atom stereocenters. The standard InChI is InChI=1S/2C14H15NP.ClH.Pt/c2*15-11-12-16(13-7-3-1-4-8-13)14-9-5-2-6-10-14;;/h2*1-10,15H,11-12H2;1H;/q2*-1;;+4/p+1. The smallest absolute Gasteiger partial charge is 1.00 e. The van der Waals surface area contributed by atoms with E-state index in [0.29, 0.717) is 13.1 Å². The fourth-order valence-corrected chi connectivity index (χ4v) is 8.42. The van der Waals surface area contributed by atoms with Crippen molar-refractivity contribution in [2.75, 3.05) is 25.4 Å². The number of rotatable bonds is 8. The average Bonchev–Trinajstić information content (AvgIpc) is 2.88. The number of hydrogen-bond acceptors (Lipinski definition) is 0. The fraction of sp³-hybridized carbons (Fsp3) is 0.143. The van der Waals surface area contributed by atoms with Crippen LogP contribution in [0.5, 0.6) is 0 Å². The molecule has 0 aliphatic rings. The van der Waals surface area contributed by atoms with E-state index in [1.54, 1.807) is 0 Å². The molecule has 0 amide bonds. The minimum atomic E-state index is -0.738. The summed E-state index contributed by atoms with van der Waals surface area (Å²) in [5, 5.41) is 5.63. The van der Waals surface area contributed by atoms with Crippen molar-refractivity contribution >= 4 is 37.1 Å². The molecule has 4 rings (SSSR count). The predicted octanol–water partition coefficient (Wildman–Crippen LogP) is 2.81. The van der Waals surface area contributed by atoms with Crippen molar-refractivity contribution in [3.05, 3.63) is 133 Å². The van der Waals surface area contributed by atoms with Crippen LogP contribution in [0.25, 0.3) is 11.5 Å². The Kier molecular flexibility index (Phi) is 16.2. The number of benzene rings is 4. The van der Waals surface area contributed by atoms with Crippen LogP contribution >= 0.6 is 15.8 Å². The third kappa shape index (κ3) is 9.71. The van der Waals surface area contributed by atoms with E-state index in [0.717, 1.165) is 12.3 Å². The van der Waals surface area contributed by atoms with Crippen LogP contribution in [0.2, 0.25) is 0 Å². The molecule has 0 aromatic heterocycles. The molecule has 0 radical (unpaired) electrons. The topological polar surface area (TPSA) is 47.6 Å². The first kappa shape index (κ1) is 30.7. The summed E-state index contributed by atoms with van der Waals surface area (Å²) in [7, 11) is -1.48. The quantitative estimate of drug-likeness (QED) is 0.256. The molecule has 4 aromatic rings. The Bertz CT molecular complexity index is 846. The molecule has 0 bridgehead atoms. The Morgan fingerprint density at radius 1 is 0.412 bits per heavy atom. The summed E-state index contributed by atoms with van der Waals surface area (Å²) in [6.07, 6.45) is 1.97. The van der Waals surface area contributed by atoms with Crippen molar-refractivity contribution in [2.45, 2.75) is 0 Å². The van der Waals surface area contributed by atoms with Gasteiger partial charge in [0, 0.05) is 12.3 Å². The fourth-order valence-electron chi connectivity index (χ4n) is 3.72. The summed E-state index contributed by atoms with van der Waals surface area (Å²) in [5.41, 5.74) is 14.9. The van der Waals surface area contributed by atoms with Gasteiger partial charge in [0.2, 0.25) is 0 Å². The monoisotopic (exact) mass is 688 g/mol. The van der Waals surface area contributed by atoms with Crippen LogP contribution in [0.3, 0.4) is 0 Å². The zero-order chi connectivity index (χ0) is 22.4. The first-order chi connectivity index (χ1) is 15.8. The Morgan fingerprint density at radius 2 is 0.618 bits per heavy atom. The predicted molar refractivity (Wildman–Crippen MR) is 149 cm³/mol. The van der Waals surface area contributed by atoms with E-state index < -0.39 is 15.8 Å². The van der Waals surface area contributed by atoms with Gasteiger partial charge in [-0.05, 0) is 48.5 Å². The minimum Gasteiger partial charge on any atom is -1.00 e. The molecule has 0 unspecified atom stereocenters. The molecule has 4 aromatic carbocycles. The van der Waals surface area contributed by atoms with E-state index >= 15 is 0 Å². The molecule has 2 nitrogen and oxygen atoms in total. The van der Waals surface area contributed by atoms with Crippen LogP contribution in [0, 0.1) is 0 Å². The Labute approximate surface area is 227 Å². The third-order valence-electron chi connectivity index (χ3n) is 5.24. The van der Waals surface area contributed by atoms with Gasteiger partial charge in [-0.15, -0.1) is 13.1 Å². The molecule has 0 fully saturated rings. The number of hydrogen-bond donors (Lipinski definition) is 0. The summed E-state index contributed by atoms with van der Waals surface area (Å²) in [6, 6.07) is 42.5. The van der Waals surface area contributed by atoms with Gasteiger partial charge in [-0.25, -0.2) is 0 Å². The Balaban J connectivity index is 0.000000321. The van der Waals surface area contributed by atoms with Crippen molar-refractivity contribution in [3.8, 4) is 0 Å². The molecule has 6 heteroatoms. The van der Waals surface area contributed by atoms with Gasteiger partial charge in [0.15, 0.2) is 0 Å². The number of nitrogens with one attached hydrogen (secondary N) is 2. The van der Waals surface area contributed by atoms with Crippen LogP contribution in [-0.2, 0) is 21.1 Å². The van der Waals surface area contributed by atoms with E-state index in [1.807, 2.05) is 0 Å². The van der Waals surface area contributed by atoms with Crippen LogP contribution in [0.1, 0.15) is 0 Å². The van der Waals surface area contributed by atoms with Crippen LogP contribution in [-0.4, -0.2) is 25.4 Å². The molecule has 2 N–H and O–H groups in total. The van der Waals surface area contributed by atoms with Gasteiger partial charge in [-0.3, -0.25) is 0 Å². The molecular weight excluding hydrogens is 657 g/mol. The molecule has 34 heavy (non-hydrogen) atoms. The molecular formula is C28H32ClN2P2Pt+3. The summed E-state index contributed by atoms with van der Waals surface area (Å²) < 4.78 is 0. The van der Waals surface area contributed by atoms with Gasteiger partial charge in [-0.1, -0.05) is 72.8 Å². The second-order valence-corrected chi connectivity index (χ2v) is 12.6. The summed E-state index contributed by atoms with van der Waals surface area (Å²) in [4.78, 5) is 0. The molecule has 0 saturated carbocycles.